The number of ether oxygens (including phenoxy) is 2. The van der Waals surface area contributed by atoms with Gasteiger partial charge in [0.2, 0.25) is 0 Å². The summed E-state index contributed by atoms with van der Waals surface area (Å²) >= 11 is 0. The second kappa shape index (κ2) is 8.99. The first kappa shape index (κ1) is 19.6. The molecule has 0 bridgehead atoms. The minimum Gasteiger partial charge on any atom is -0.490 e. The summed E-state index contributed by atoms with van der Waals surface area (Å²) in [5, 5.41) is 0. The Labute approximate surface area is 144 Å². The average molecular weight is 343 g/mol. The highest BCUT2D eigenvalue weighted by molar-refractivity contribution is 5.94. The van der Waals surface area contributed by atoms with Crippen LogP contribution < -0.4 is 15.2 Å². The number of fused-ring (bicyclic) bond motifs is 1. The Morgan fingerprint density at radius 1 is 1.26 bits per heavy atom. The molecule has 0 saturated carbocycles. The summed E-state index contributed by atoms with van der Waals surface area (Å²) < 4.78 is 11.2. The lowest BCUT2D eigenvalue weighted by Gasteiger charge is -2.22. The van der Waals surface area contributed by atoms with E-state index in [-0.39, 0.29) is 24.4 Å². The van der Waals surface area contributed by atoms with Gasteiger partial charge in [0.05, 0.1) is 13.2 Å². The minimum absolute atomic E-state index is 0. The minimum atomic E-state index is -0.0217. The van der Waals surface area contributed by atoms with Crippen molar-refractivity contribution in [2.75, 3.05) is 26.8 Å². The molecule has 0 aromatic heterocycles. The number of carbonyl (C=O) groups is 1. The number of nitrogens with two attached hydrogens (primary N) is 1. The van der Waals surface area contributed by atoms with Crippen LogP contribution in [0.5, 0.6) is 11.5 Å². The molecular weight excluding hydrogens is 316 g/mol. The van der Waals surface area contributed by atoms with Gasteiger partial charge < -0.3 is 20.1 Å². The molecule has 0 aliphatic carbocycles. The highest BCUT2D eigenvalue weighted by atomic mass is 35.5. The van der Waals surface area contributed by atoms with Crippen molar-refractivity contribution < 1.29 is 14.3 Å². The first-order valence-electron chi connectivity index (χ1n) is 7.89. The zero-order valence-corrected chi connectivity index (χ0v) is 14.9. The lowest BCUT2D eigenvalue weighted by molar-refractivity contribution is 0.0788. The normalized spacial score (nSPS) is 14.7. The van der Waals surface area contributed by atoms with Gasteiger partial charge in [-0.1, -0.05) is 13.8 Å². The summed E-state index contributed by atoms with van der Waals surface area (Å²) in [7, 11) is 1.80. The van der Waals surface area contributed by atoms with E-state index in [2.05, 4.69) is 13.8 Å². The van der Waals surface area contributed by atoms with Crippen LogP contribution in [0.15, 0.2) is 18.2 Å². The topological polar surface area (TPSA) is 64.8 Å². The van der Waals surface area contributed by atoms with Gasteiger partial charge in [-0.05, 0) is 30.5 Å². The molecule has 1 aliphatic rings. The molecule has 2 N–H and O–H groups in total. The van der Waals surface area contributed by atoms with Crippen LogP contribution in [-0.4, -0.2) is 43.7 Å². The summed E-state index contributed by atoms with van der Waals surface area (Å²) in [6.07, 6.45) is 1.65. The molecule has 6 heteroatoms. The Balaban J connectivity index is 0.00000264. The largest absolute Gasteiger partial charge is 0.490 e. The van der Waals surface area contributed by atoms with Crippen molar-refractivity contribution in [3.63, 3.8) is 0 Å². The molecule has 0 spiro atoms. The first-order valence-corrected chi connectivity index (χ1v) is 7.89. The van der Waals surface area contributed by atoms with E-state index in [0.717, 1.165) is 12.8 Å². The third kappa shape index (κ3) is 5.29. The lowest BCUT2D eigenvalue weighted by atomic mass is 10.0. The number of halogens is 1. The predicted molar refractivity (Wildman–Crippen MR) is 93.7 cm³/mol. The van der Waals surface area contributed by atoms with Crippen LogP contribution in [0.1, 0.15) is 37.0 Å². The SMILES string of the molecule is CC(C)C(N)CCN(C)C(=O)c1ccc2c(c1)OCCCO2.Cl. The van der Waals surface area contributed by atoms with Crippen LogP contribution in [0.4, 0.5) is 0 Å². The zero-order valence-electron chi connectivity index (χ0n) is 14.1. The number of carbonyl (C=O) groups excluding carboxylic acids is 1. The van der Waals surface area contributed by atoms with Crippen molar-refractivity contribution in [3.8, 4) is 11.5 Å². The smallest absolute Gasteiger partial charge is 0.253 e. The fraction of sp³-hybridized carbons (Fsp3) is 0.588. The van der Waals surface area contributed by atoms with Gasteiger partial charge in [0.1, 0.15) is 0 Å². The maximum atomic E-state index is 12.5. The Kier molecular flexibility index (Phi) is 7.65. The number of hydrogen-bond donors (Lipinski definition) is 1. The zero-order chi connectivity index (χ0) is 16.1. The molecule has 1 aromatic rings. The van der Waals surface area contributed by atoms with E-state index >= 15 is 0 Å². The monoisotopic (exact) mass is 342 g/mol. The first-order chi connectivity index (χ1) is 10.5. The van der Waals surface area contributed by atoms with E-state index in [1.54, 1.807) is 24.1 Å². The fourth-order valence-electron chi connectivity index (χ4n) is 2.29. The number of nitrogens with zero attached hydrogens (tertiary/aromatic N) is 1. The second-order valence-corrected chi connectivity index (χ2v) is 6.14. The Morgan fingerprint density at radius 3 is 2.57 bits per heavy atom. The Morgan fingerprint density at radius 2 is 1.91 bits per heavy atom. The van der Waals surface area contributed by atoms with Gasteiger partial charge in [0, 0.05) is 31.6 Å². The van der Waals surface area contributed by atoms with Crippen molar-refractivity contribution in [3.05, 3.63) is 23.8 Å². The van der Waals surface area contributed by atoms with Gasteiger partial charge in [-0.25, -0.2) is 0 Å². The molecule has 1 amide bonds. The van der Waals surface area contributed by atoms with E-state index in [1.807, 2.05) is 6.07 Å². The predicted octanol–water partition coefficient (Wildman–Crippen LogP) is 2.72. The van der Waals surface area contributed by atoms with E-state index in [0.29, 0.717) is 42.7 Å². The summed E-state index contributed by atoms with van der Waals surface area (Å²) in [5.41, 5.74) is 6.65. The van der Waals surface area contributed by atoms with E-state index < -0.39 is 0 Å². The fourth-order valence-corrected chi connectivity index (χ4v) is 2.29. The van der Waals surface area contributed by atoms with Crippen molar-refractivity contribution in [1.29, 1.82) is 0 Å². The molecule has 130 valence electrons. The third-order valence-electron chi connectivity index (χ3n) is 4.00. The average Bonchev–Trinajstić information content (AvgIpc) is 2.75. The molecule has 0 saturated heterocycles. The van der Waals surface area contributed by atoms with Crippen LogP contribution in [0.3, 0.4) is 0 Å². The molecule has 0 radical (unpaired) electrons. The van der Waals surface area contributed by atoms with Crippen LogP contribution in [-0.2, 0) is 0 Å². The van der Waals surface area contributed by atoms with Gasteiger partial charge in [0.15, 0.2) is 11.5 Å². The Hall–Kier alpha value is -1.46. The number of hydrogen-bond acceptors (Lipinski definition) is 4. The van der Waals surface area contributed by atoms with Gasteiger partial charge in [-0.15, -0.1) is 12.4 Å². The highest BCUT2D eigenvalue weighted by Crippen LogP contribution is 2.30. The van der Waals surface area contributed by atoms with Crippen LogP contribution in [0.25, 0.3) is 0 Å². The molecule has 1 aliphatic heterocycles. The molecule has 0 fully saturated rings. The van der Waals surface area contributed by atoms with Crippen LogP contribution >= 0.6 is 12.4 Å². The third-order valence-corrected chi connectivity index (χ3v) is 4.00. The lowest BCUT2D eigenvalue weighted by Crippen LogP contribution is -2.34. The molecular formula is C17H27ClN2O3. The number of benzene rings is 1. The van der Waals surface area contributed by atoms with Crippen molar-refractivity contribution in [2.45, 2.75) is 32.7 Å². The standard InChI is InChI=1S/C17H26N2O3.ClH/c1-12(2)14(18)7-8-19(3)17(20)13-5-6-15-16(11-13)22-10-4-9-21-15;/h5-6,11-12,14H,4,7-10,18H2,1-3H3;1H. The molecule has 1 unspecified atom stereocenters. The molecule has 1 atom stereocenters. The molecule has 23 heavy (non-hydrogen) atoms. The van der Waals surface area contributed by atoms with Crippen LogP contribution in [0.2, 0.25) is 0 Å². The van der Waals surface area contributed by atoms with Crippen molar-refractivity contribution in [2.24, 2.45) is 11.7 Å². The van der Waals surface area contributed by atoms with E-state index in [9.17, 15) is 4.79 Å². The van der Waals surface area contributed by atoms with Crippen LogP contribution in [0, 0.1) is 5.92 Å². The molecule has 2 rings (SSSR count). The molecule has 1 heterocycles. The highest BCUT2D eigenvalue weighted by Gasteiger charge is 2.17. The number of amides is 1. The maximum absolute atomic E-state index is 12.5. The van der Waals surface area contributed by atoms with Gasteiger partial charge >= 0.3 is 0 Å². The van der Waals surface area contributed by atoms with E-state index in [4.69, 9.17) is 15.2 Å². The van der Waals surface area contributed by atoms with Crippen molar-refractivity contribution >= 4 is 18.3 Å². The molecule has 5 nitrogen and oxygen atoms in total. The second-order valence-electron chi connectivity index (χ2n) is 6.14. The Bertz CT molecular complexity index is 523. The van der Waals surface area contributed by atoms with Gasteiger partial charge in [0.25, 0.3) is 5.91 Å². The summed E-state index contributed by atoms with van der Waals surface area (Å²) in [6, 6.07) is 5.47. The maximum Gasteiger partial charge on any atom is 0.253 e. The van der Waals surface area contributed by atoms with E-state index in [1.165, 1.54) is 0 Å². The van der Waals surface area contributed by atoms with Gasteiger partial charge in [-0.3, -0.25) is 4.79 Å². The van der Waals surface area contributed by atoms with Gasteiger partial charge in [-0.2, -0.15) is 0 Å². The summed E-state index contributed by atoms with van der Waals surface area (Å²) in [5.74, 6) is 1.75. The molecule has 1 aromatic carbocycles. The van der Waals surface area contributed by atoms with Crippen molar-refractivity contribution in [1.82, 2.24) is 4.90 Å². The number of rotatable bonds is 5. The quantitative estimate of drug-likeness (QED) is 0.893. The summed E-state index contributed by atoms with van der Waals surface area (Å²) in [6.45, 7) is 6.09. The summed E-state index contributed by atoms with van der Waals surface area (Å²) in [4.78, 5) is 14.2.